The number of fused-ring (bicyclic) bond motifs is 1. The number of piperazine rings is 1. The number of carbonyl (C=O) groups is 1. The quantitative estimate of drug-likeness (QED) is 0.622. The molecule has 0 atom stereocenters. The van der Waals surface area contributed by atoms with E-state index >= 15 is 0 Å². The molecule has 1 saturated heterocycles. The number of anilines is 1. The molecule has 0 unspecified atom stereocenters. The second-order valence-electron chi connectivity index (χ2n) is 7.03. The number of nitrogens with zero attached hydrogens (tertiary/aromatic N) is 4. The zero-order valence-electron chi connectivity index (χ0n) is 16.2. The summed E-state index contributed by atoms with van der Waals surface area (Å²) in [6.07, 6.45) is 0. The molecule has 1 amide bonds. The van der Waals surface area contributed by atoms with E-state index in [2.05, 4.69) is 14.1 Å². The van der Waals surface area contributed by atoms with Crippen LogP contribution in [0.15, 0.2) is 41.3 Å². The Labute approximate surface area is 183 Å². The lowest BCUT2D eigenvalue weighted by Gasteiger charge is -2.33. The van der Waals surface area contributed by atoms with Crippen molar-refractivity contribution < 1.29 is 13.2 Å². The van der Waals surface area contributed by atoms with Crippen LogP contribution >= 0.6 is 23.3 Å². The molecule has 1 aliphatic heterocycles. The average Bonchev–Trinajstić information content (AvgIpc) is 3.20. The first-order valence-electron chi connectivity index (χ1n) is 9.35. The van der Waals surface area contributed by atoms with Gasteiger partial charge < -0.3 is 5.32 Å². The molecule has 1 N–H and O–H groups in total. The highest BCUT2D eigenvalue weighted by Crippen LogP contribution is 2.25. The molecule has 1 aromatic heterocycles. The standard InChI is InChI=1S/C19H20ClN5O3S2/c1-13-14(20)4-2-5-15(13)21-18(26)12-24-8-10-25(11-9-24)30(27,28)17-7-3-6-16-19(17)23-29-22-16/h2-7H,8-12H2,1H3,(H,21,26). The van der Waals surface area contributed by atoms with Gasteiger partial charge in [-0.2, -0.15) is 13.1 Å². The largest absolute Gasteiger partial charge is 0.325 e. The van der Waals surface area contributed by atoms with Gasteiger partial charge in [0.25, 0.3) is 0 Å². The van der Waals surface area contributed by atoms with Crippen molar-refractivity contribution in [2.24, 2.45) is 0 Å². The first-order valence-corrected chi connectivity index (χ1v) is 11.9. The molecule has 0 bridgehead atoms. The summed E-state index contributed by atoms with van der Waals surface area (Å²) in [5.74, 6) is -0.157. The van der Waals surface area contributed by atoms with Crippen LogP contribution in [0.4, 0.5) is 5.69 Å². The number of hydrogen-bond donors (Lipinski definition) is 1. The molecular weight excluding hydrogens is 446 g/mol. The van der Waals surface area contributed by atoms with E-state index in [1.54, 1.807) is 36.4 Å². The molecule has 2 aromatic carbocycles. The molecule has 158 valence electrons. The zero-order chi connectivity index (χ0) is 21.3. The number of rotatable bonds is 5. The molecule has 0 radical (unpaired) electrons. The molecule has 8 nitrogen and oxygen atoms in total. The topological polar surface area (TPSA) is 95.5 Å². The van der Waals surface area contributed by atoms with Gasteiger partial charge in [-0.3, -0.25) is 9.69 Å². The van der Waals surface area contributed by atoms with Crippen molar-refractivity contribution in [2.45, 2.75) is 11.8 Å². The number of amides is 1. The molecule has 4 rings (SSSR count). The number of halogens is 1. The second kappa shape index (κ2) is 8.56. The Balaban J connectivity index is 1.38. The van der Waals surface area contributed by atoms with Crippen LogP contribution in [0.2, 0.25) is 5.02 Å². The summed E-state index contributed by atoms with van der Waals surface area (Å²) in [4.78, 5) is 14.5. The van der Waals surface area contributed by atoms with E-state index in [-0.39, 0.29) is 17.3 Å². The number of hydrogen-bond acceptors (Lipinski definition) is 7. The van der Waals surface area contributed by atoms with E-state index in [1.807, 2.05) is 11.8 Å². The highest BCUT2D eigenvalue weighted by molar-refractivity contribution is 7.89. The second-order valence-corrected chi connectivity index (χ2v) is 9.87. The van der Waals surface area contributed by atoms with Gasteiger partial charge in [-0.05, 0) is 36.8 Å². The molecule has 1 fully saturated rings. The molecular formula is C19H20ClN5O3S2. The minimum Gasteiger partial charge on any atom is -0.325 e. The van der Waals surface area contributed by atoms with E-state index in [1.165, 1.54) is 4.31 Å². The third kappa shape index (κ3) is 4.19. The van der Waals surface area contributed by atoms with Crippen molar-refractivity contribution in [3.05, 3.63) is 47.0 Å². The summed E-state index contributed by atoms with van der Waals surface area (Å²) in [7, 11) is -3.67. The van der Waals surface area contributed by atoms with Gasteiger partial charge in [0.05, 0.1) is 18.3 Å². The van der Waals surface area contributed by atoms with Crippen molar-refractivity contribution in [3.8, 4) is 0 Å². The van der Waals surface area contributed by atoms with Gasteiger partial charge in [0.2, 0.25) is 15.9 Å². The number of sulfonamides is 1. The molecule has 2 heterocycles. The summed E-state index contributed by atoms with van der Waals surface area (Å²) in [6, 6.07) is 10.3. The van der Waals surface area contributed by atoms with Crippen LogP contribution < -0.4 is 5.32 Å². The monoisotopic (exact) mass is 465 g/mol. The van der Waals surface area contributed by atoms with E-state index in [0.717, 1.165) is 17.3 Å². The molecule has 30 heavy (non-hydrogen) atoms. The van der Waals surface area contributed by atoms with Gasteiger partial charge in [0.1, 0.15) is 15.9 Å². The van der Waals surface area contributed by atoms with Crippen LogP contribution in [0.1, 0.15) is 5.56 Å². The first kappa shape index (κ1) is 21.1. The van der Waals surface area contributed by atoms with Crippen LogP contribution in [-0.2, 0) is 14.8 Å². The van der Waals surface area contributed by atoms with Crippen molar-refractivity contribution in [1.82, 2.24) is 18.0 Å². The smallest absolute Gasteiger partial charge is 0.245 e. The summed E-state index contributed by atoms with van der Waals surface area (Å²) in [5, 5.41) is 3.47. The Morgan fingerprint density at radius 1 is 1.13 bits per heavy atom. The van der Waals surface area contributed by atoms with Gasteiger partial charge >= 0.3 is 0 Å². The number of benzene rings is 2. The predicted molar refractivity (Wildman–Crippen MR) is 117 cm³/mol. The summed E-state index contributed by atoms with van der Waals surface area (Å²) >= 11 is 7.09. The van der Waals surface area contributed by atoms with Gasteiger partial charge in [0.15, 0.2) is 0 Å². The van der Waals surface area contributed by atoms with Crippen LogP contribution in [0.5, 0.6) is 0 Å². The van der Waals surface area contributed by atoms with E-state index in [9.17, 15) is 13.2 Å². The number of nitrogens with one attached hydrogen (secondary N) is 1. The van der Waals surface area contributed by atoms with Crippen LogP contribution in [0.3, 0.4) is 0 Å². The highest BCUT2D eigenvalue weighted by atomic mass is 35.5. The minimum atomic E-state index is -3.67. The fraction of sp³-hybridized carbons (Fsp3) is 0.316. The third-order valence-electron chi connectivity index (χ3n) is 5.11. The lowest BCUT2D eigenvalue weighted by Crippen LogP contribution is -2.50. The Morgan fingerprint density at radius 2 is 1.87 bits per heavy atom. The zero-order valence-corrected chi connectivity index (χ0v) is 18.6. The Bertz CT molecular complexity index is 1190. The highest BCUT2D eigenvalue weighted by Gasteiger charge is 2.31. The maximum atomic E-state index is 13.1. The van der Waals surface area contributed by atoms with Gasteiger partial charge in [-0.1, -0.05) is 23.7 Å². The molecule has 1 aliphatic rings. The Hall–Kier alpha value is -2.11. The SMILES string of the molecule is Cc1c(Cl)cccc1NC(=O)CN1CCN(S(=O)(=O)c2cccc3nsnc23)CC1. The van der Waals surface area contributed by atoms with Crippen molar-refractivity contribution >= 4 is 56.0 Å². The minimum absolute atomic E-state index is 0.157. The summed E-state index contributed by atoms with van der Waals surface area (Å²) < 4.78 is 35.9. The fourth-order valence-corrected chi connectivity index (χ4v) is 5.74. The third-order valence-corrected chi connectivity index (χ3v) is 7.99. The van der Waals surface area contributed by atoms with Crippen molar-refractivity contribution in [2.75, 3.05) is 38.0 Å². The summed E-state index contributed by atoms with van der Waals surface area (Å²) in [6.45, 7) is 3.57. The van der Waals surface area contributed by atoms with Crippen LogP contribution in [0, 0.1) is 6.92 Å². The van der Waals surface area contributed by atoms with Gasteiger partial charge in [0, 0.05) is 36.9 Å². The average molecular weight is 466 g/mol. The molecule has 0 saturated carbocycles. The van der Waals surface area contributed by atoms with Gasteiger partial charge in [-0.15, -0.1) is 0 Å². The Kier molecular flexibility index (Phi) is 6.03. The van der Waals surface area contributed by atoms with Crippen LogP contribution in [-0.4, -0.2) is 65.0 Å². The van der Waals surface area contributed by atoms with Crippen molar-refractivity contribution in [1.29, 1.82) is 0 Å². The Morgan fingerprint density at radius 3 is 2.63 bits per heavy atom. The maximum absolute atomic E-state index is 13.1. The molecule has 3 aromatic rings. The molecule has 11 heteroatoms. The lowest BCUT2D eigenvalue weighted by atomic mass is 10.2. The number of carbonyl (C=O) groups excluding carboxylic acids is 1. The number of aromatic nitrogens is 2. The normalized spacial score (nSPS) is 16.1. The molecule has 0 spiro atoms. The fourth-order valence-electron chi connectivity index (χ4n) is 3.39. The van der Waals surface area contributed by atoms with E-state index in [4.69, 9.17) is 11.6 Å². The van der Waals surface area contributed by atoms with Crippen LogP contribution in [0.25, 0.3) is 11.0 Å². The first-order chi connectivity index (χ1) is 14.4. The maximum Gasteiger partial charge on any atom is 0.245 e. The van der Waals surface area contributed by atoms with E-state index in [0.29, 0.717) is 47.9 Å². The lowest BCUT2D eigenvalue weighted by molar-refractivity contribution is -0.117. The summed E-state index contributed by atoms with van der Waals surface area (Å²) in [5.41, 5.74) is 2.47. The van der Waals surface area contributed by atoms with E-state index < -0.39 is 10.0 Å². The van der Waals surface area contributed by atoms with Crippen molar-refractivity contribution in [3.63, 3.8) is 0 Å². The van der Waals surface area contributed by atoms with Gasteiger partial charge in [-0.25, -0.2) is 8.42 Å². The predicted octanol–water partition coefficient (Wildman–Crippen LogP) is 2.60. The molecule has 0 aliphatic carbocycles.